The minimum absolute atomic E-state index is 0.494. The third-order valence-electron chi connectivity index (χ3n) is 4.44. The van der Waals surface area contributed by atoms with Crippen molar-refractivity contribution < 1.29 is 9.47 Å². The summed E-state index contributed by atoms with van der Waals surface area (Å²) in [5, 5.41) is 6.68. The lowest BCUT2D eigenvalue weighted by Gasteiger charge is -2.15. The smallest absolute Gasteiger partial charge is 0.229 e. The molecule has 2 N–H and O–H groups in total. The predicted octanol–water partition coefficient (Wildman–Crippen LogP) is 5.21. The van der Waals surface area contributed by atoms with E-state index in [0.29, 0.717) is 11.7 Å². The molecule has 0 bridgehead atoms. The van der Waals surface area contributed by atoms with E-state index in [1.165, 1.54) is 16.7 Å². The van der Waals surface area contributed by atoms with Crippen LogP contribution in [0.3, 0.4) is 0 Å². The first kappa shape index (κ1) is 19.5. The van der Waals surface area contributed by atoms with Gasteiger partial charge in [-0.1, -0.05) is 17.7 Å². The average molecular weight is 378 g/mol. The third-order valence-corrected chi connectivity index (χ3v) is 4.44. The summed E-state index contributed by atoms with van der Waals surface area (Å²) < 4.78 is 10.7. The van der Waals surface area contributed by atoms with Crippen LogP contribution in [0, 0.1) is 27.7 Å². The zero-order valence-corrected chi connectivity index (χ0v) is 17.2. The highest BCUT2D eigenvalue weighted by Gasteiger charge is 2.10. The molecule has 0 aliphatic heterocycles. The molecule has 1 heterocycles. The SMILES string of the molecule is COc1ccc(Nc2nc(C)cc(Nc3c(C)cc(C)cc3C)n2)c(OC)c1. The van der Waals surface area contributed by atoms with Crippen molar-refractivity contribution in [3.8, 4) is 11.5 Å². The molecule has 6 heteroatoms. The summed E-state index contributed by atoms with van der Waals surface area (Å²) >= 11 is 0. The largest absolute Gasteiger partial charge is 0.497 e. The van der Waals surface area contributed by atoms with E-state index in [0.717, 1.165) is 28.6 Å². The first-order valence-corrected chi connectivity index (χ1v) is 9.09. The number of hydrogen-bond donors (Lipinski definition) is 2. The third kappa shape index (κ3) is 4.34. The van der Waals surface area contributed by atoms with Crippen LogP contribution in [-0.4, -0.2) is 24.2 Å². The van der Waals surface area contributed by atoms with Crippen LogP contribution in [0.25, 0.3) is 0 Å². The summed E-state index contributed by atoms with van der Waals surface area (Å²) in [4.78, 5) is 9.13. The van der Waals surface area contributed by atoms with E-state index in [1.54, 1.807) is 14.2 Å². The van der Waals surface area contributed by atoms with Crippen molar-refractivity contribution >= 4 is 23.1 Å². The zero-order valence-electron chi connectivity index (χ0n) is 17.2. The molecule has 0 radical (unpaired) electrons. The van der Waals surface area contributed by atoms with E-state index in [9.17, 15) is 0 Å². The molecular formula is C22H26N4O2. The summed E-state index contributed by atoms with van der Waals surface area (Å²) in [6.07, 6.45) is 0. The number of nitrogens with one attached hydrogen (secondary N) is 2. The molecule has 0 aliphatic carbocycles. The van der Waals surface area contributed by atoms with Crippen molar-refractivity contribution in [2.24, 2.45) is 0 Å². The molecule has 0 saturated heterocycles. The predicted molar refractivity (Wildman–Crippen MR) is 114 cm³/mol. The van der Waals surface area contributed by atoms with Gasteiger partial charge in [-0.2, -0.15) is 4.98 Å². The van der Waals surface area contributed by atoms with Crippen LogP contribution in [0.5, 0.6) is 11.5 Å². The Balaban J connectivity index is 1.91. The Bertz CT molecular complexity index is 979. The highest BCUT2D eigenvalue weighted by molar-refractivity contribution is 5.68. The van der Waals surface area contributed by atoms with Crippen LogP contribution >= 0.6 is 0 Å². The maximum Gasteiger partial charge on any atom is 0.229 e. The Hall–Kier alpha value is -3.28. The minimum Gasteiger partial charge on any atom is -0.497 e. The van der Waals surface area contributed by atoms with Gasteiger partial charge in [0, 0.05) is 23.5 Å². The van der Waals surface area contributed by atoms with Gasteiger partial charge in [0.05, 0.1) is 19.9 Å². The van der Waals surface area contributed by atoms with E-state index in [2.05, 4.69) is 53.5 Å². The quantitative estimate of drug-likeness (QED) is 0.613. The fraction of sp³-hybridized carbons (Fsp3) is 0.273. The lowest BCUT2D eigenvalue weighted by molar-refractivity contribution is 0.395. The molecule has 28 heavy (non-hydrogen) atoms. The second-order valence-electron chi connectivity index (χ2n) is 6.81. The number of ether oxygens (including phenoxy) is 2. The molecule has 2 aromatic carbocycles. The van der Waals surface area contributed by atoms with Gasteiger partial charge < -0.3 is 20.1 Å². The molecule has 0 unspecified atom stereocenters. The normalized spacial score (nSPS) is 10.5. The standard InChI is InChI=1S/C22H26N4O2/c1-13-9-14(2)21(15(3)10-13)25-20-11-16(4)23-22(26-20)24-18-8-7-17(27-5)12-19(18)28-6/h7-12H,1-6H3,(H2,23,24,25,26). The highest BCUT2D eigenvalue weighted by atomic mass is 16.5. The van der Waals surface area contributed by atoms with Gasteiger partial charge in [0.15, 0.2) is 0 Å². The van der Waals surface area contributed by atoms with E-state index in [-0.39, 0.29) is 0 Å². The van der Waals surface area contributed by atoms with Crippen LogP contribution < -0.4 is 20.1 Å². The molecule has 0 saturated carbocycles. The number of anilines is 4. The molecule has 0 amide bonds. The topological polar surface area (TPSA) is 68.3 Å². The average Bonchev–Trinajstić information content (AvgIpc) is 2.64. The summed E-state index contributed by atoms with van der Waals surface area (Å²) in [5.41, 5.74) is 6.29. The molecule has 3 rings (SSSR count). The first-order chi connectivity index (χ1) is 13.4. The van der Waals surface area contributed by atoms with Gasteiger partial charge in [0.25, 0.3) is 0 Å². The fourth-order valence-electron chi connectivity index (χ4n) is 3.22. The number of hydrogen-bond acceptors (Lipinski definition) is 6. The fourth-order valence-corrected chi connectivity index (χ4v) is 3.22. The molecule has 0 fully saturated rings. The van der Waals surface area contributed by atoms with Crippen LogP contribution in [0.1, 0.15) is 22.4 Å². The molecule has 0 spiro atoms. The van der Waals surface area contributed by atoms with Gasteiger partial charge in [0.1, 0.15) is 17.3 Å². The first-order valence-electron chi connectivity index (χ1n) is 9.09. The molecule has 146 valence electrons. The van der Waals surface area contributed by atoms with E-state index >= 15 is 0 Å². The Morgan fingerprint density at radius 1 is 0.786 bits per heavy atom. The Morgan fingerprint density at radius 2 is 1.50 bits per heavy atom. The van der Waals surface area contributed by atoms with Gasteiger partial charge in [-0.15, -0.1) is 0 Å². The highest BCUT2D eigenvalue weighted by Crippen LogP contribution is 2.31. The minimum atomic E-state index is 0.494. The summed E-state index contributed by atoms with van der Waals surface area (Å²) in [6.45, 7) is 8.23. The summed E-state index contributed by atoms with van der Waals surface area (Å²) in [7, 11) is 3.24. The molecule has 3 aromatic rings. The lowest BCUT2D eigenvalue weighted by Crippen LogP contribution is -2.05. The zero-order chi connectivity index (χ0) is 20.3. The second kappa shape index (κ2) is 8.17. The lowest BCUT2D eigenvalue weighted by atomic mass is 10.1. The summed E-state index contributed by atoms with van der Waals surface area (Å²) in [5.74, 6) is 2.61. The van der Waals surface area contributed by atoms with E-state index < -0.39 is 0 Å². The van der Waals surface area contributed by atoms with Crippen molar-refractivity contribution in [2.75, 3.05) is 24.9 Å². The molecule has 1 aromatic heterocycles. The maximum atomic E-state index is 5.45. The molecule has 6 nitrogen and oxygen atoms in total. The Kier molecular flexibility index (Phi) is 5.68. The van der Waals surface area contributed by atoms with Crippen molar-refractivity contribution in [2.45, 2.75) is 27.7 Å². The Morgan fingerprint density at radius 3 is 2.14 bits per heavy atom. The van der Waals surface area contributed by atoms with Crippen molar-refractivity contribution in [3.05, 3.63) is 58.8 Å². The van der Waals surface area contributed by atoms with Crippen molar-refractivity contribution in [1.82, 2.24) is 9.97 Å². The number of methoxy groups -OCH3 is 2. The van der Waals surface area contributed by atoms with Crippen LogP contribution in [0.4, 0.5) is 23.1 Å². The number of rotatable bonds is 6. The number of aromatic nitrogens is 2. The second-order valence-corrected chi connectivity index (χ2v) is 6.81. The van der Waals surface area contributed by atoms with E-state index in [1.807, 2.05) is 31.2 Å². The van der Waals surface area contributed by atoms with Gasteiger partial charge in [-0.05, 0) is 51.0 Å². The molecular weight excluding hydrogens is 352 g/mol. The van der Waals surface area contributed by atoms with Gasteiger partial charge in [-0.25, -0.2) is 4.98 Å². The van der Waals surface area contributed by atoms with Crippen LogP contribution in [0.2, 0.25) is 0 Å². The number of nitrogens with zero attached hydrogens (tertiary/aromatic N) is 2. The number of benzene rings is 2. The van der Waals surface area contributed by atoms with Gasteiger partial charge in [0.2, 0.25) is 5.95 Å². The van der Waals surface area contributed by atoms with Crippen LogP contribution in [0.15, 0.2) is 36.4 Å². The van der Waals surface area contributed by atoms with Crippen LogP contribution in [-0.2, 0) is 0 Å². The number of aryl methyl sites for hydroxylation is 4. The molecule has 0 aliphatic rings. The van der Waals surface area contributed by atoms with Crippen molar-refractivity contribution in [1.29, 1.82) is 0 Å². The maximum absolute atomic E-state index is 5.45. The summed E-state index contributed by atoms with van der Waals surface area (Å²) in [6, 6.07) is 11.8. The van der Waals surface area contributed by atoms with Gasteiger partial charge >= 0.3 is 0 Å². The molecule has 0 atom stereocenters. The van der Waals surface area contributed by atoms with E-state index in [4.69, 9.17) is 9.47 Å². The van der Waals surface area contributed by atoms with Crippen molar-refractivity contribution in [3.63, 3.8) is 0 Å². The monoisotopic (exact) mass is 378 g/mol. The Labute approximate surface area is 166 Å². The van der Waals surface area contributed by atoms with Gasteiger partial charge in [-0.3, -0.25) is 0 Å².